The molecule has 8 heteroatoms. The first-order chi connectivity index (χ1) is 16.3. The van der Waals surface area contributed by atoms with Crippen molar-refractivity contribution in [3.8, 4) is 0 Å². The molecule has 1 amide bonds. The molecular weight excluding hydrogens is 434 g/mol. The van der Waals surface area contributed by atoms with Gasteiger partial charge in [-0.25, -0.2) is 4.98 Å². The Kier molecular flexibility index (Phi) is 7.76. The fourth-order valence-electron chi connectivity index (χ4n) is 5.35. The van der Waals surface area contributed by atoms with Crippen molar-refractivity contribution in [2.75, 3.05) is 70.5 Å². The van der Waals surface area contributed by atoms with Crippen LogP contribution in [0.4, 0.5) is 5.13 Å². The summed E-state index contributed by atoms with van der Waals surface area (Å²) in [5.74, 6) is 0.0142. The van der Waals surface area contributed by atoms with Crippen molar-refractivity contribution < 1.29 is 9.53 Å². The van der Waals surface area contributed by atoms with Gasteiger partial charge in [-0.2, -0.15) is 0 Å². The molecule has 0 atom stereocenters. The molecule has 1 aliphatic carbocycles. The summed E-state index contributed by atoms with van der Waals surface area (Å²) in [6, 6.07) is 6.68. The van der Waals surface area contributed by atoms with Gasteiger partial charge in [0.05, 0.1) is 23.4 Å². The highest BCUT2D eigenvalue weighted by Gasteiger charge is 2.24. The van der Waals surface area contributed by atoms with E-state index in [1.165, 1.54) is 45.2 Å². The summed E-state index contributed by atoms with van der Waals surface area (Å²) in [7, 11) is 0. The van der Waals surface area contributed by atoms with Crippen molar-refractivity contribution in [3.05, 3.63) is 23.8 Å². The monoisotopic (exact) mass is 471 g/mol. The Morgan fingerprint density at radius 2 is 1.85 bits per heavy atom. The molecule has 0 unspecified atom stereocenters. The van der Waals surface area contributed by atoms with Crippen LogP contribution < -0.4 is 10.2 Å². The Morgan fingerprint density at radius 3 is 2.64 bits per heavy atom. The summed E-state index contributed by atoms with van der Waals surface area (Å²) in [6.07, 6.45) is 8.04. The van der Waals surface area contributed by atoms with Gasteiger partial charge in [0.2, 0.25) is 0 Å². The average molecular weight is 472 g/mol. The molecule has 1 aromatic carbocycles. The lowest BCUT2D eigenvalue weighted by molar-refractivity contribution is 0.0779. The van der Waals surface area contributed by atoms with Gasteiger partial charge in [0.1, 0.15) is 0 Å². The van der Waals surface area contributed by atoms with Gasteiger partial charge in [-0.3, -0.25) is 9.69 Å². The van der Waals surface area contributed by atoms with E-state index in [1.807, 2.05) is 18.2 Å². The van der Waals surface area contributed by atoms with E-state index in [2.05, 4.69) is 20.0 Å². The first-order valence-electron chi connectivity index (χ1n) is 12.7. The number of carbonyl (C=O) groups excluding carboxylic acids is 1. The number of morpholine rings is 1. The highest BCUT2D eigenvalue weighted by molar-refractivity contribution is 7.22. The number of benzene rings is 1. The number of hydrogen-bond donors (Lipinski definition) is 1. The van der Waals surface area contributed by atoms with E-state index in [1.54, 1.807) is 11.3 Å². The molecule has 3 aliphatic rings. The number of thiazole rings is 1. The van der Waals surface area contributed by atoms with Crippen LogP contribution in [0.1, 0.15) is 48.9 Å². The Hall–Kier alpha value is -1.74. The second-order valence-electron chi connectivity index (χ2n) is 9.56. The molecular formula is C25H37N5O2S. The minimum absolute atomic E-state index is 0.0142. The zero-order valence-corrected chi connectivity index (χ0v) is 20.5. The molecule has 3 heterocycles. The van der Waals surface area contributed by atoms with Crippen molar-refractivity contribution in [3.63, 3.8) is 0 Å². The molecule has 0 spiro atoms. The fourth-order valence-corrected chi connectivity index (χ4v) is 6.41. The van der Waals surface area contributed by atoms with Crippen LogP contribution in [-0.4, -0.2) is 92.3 Å². The standard InChI is InChI=1S/C25H37N5O2S/c31-24(20-7-8-22-23(19-20)33-25(27-22)30-15-17-32-18-16-30)26-9-4-10-28-11-13-29(14-12-28)21-5-2-1-3-6-21/h7-8,19,21H,1-6,9-18H2,(H,26,31). The van der Waals surface area contributed by atoms with Crippen molar-refractivity contribution >= 4 is 32.6 Å². The summed E-state index contributed by atoms with van der Waals surface area (Å²) in [5.41, 5.74) is 1.69. The highest BCUT2D eigenvalue weighted by atomic mass is 32.1. The normalized spacial score (nSPS) is 21.5. The van der Waals surface area contributed by atoms with Crippen LogP contribution in [0.2, 0.25) is 0 Å². The van der Waals surface area contributed by atoms with Crippen LogP contribution in [-0.2, 0) is 4.74 Å². The zero-order chi connectivity index (χ0) is 22.5. The number of aromatic nitrogens is 1. The summed E-state index contributed by atoms with van der Waals surface area (Å²) in [6.45, 7) is 9.79. The van der Waals surface area contributed by atoms with Crippen molar-refractivity contribution in [2.24, 2.45) is 0 Å². The van der Waals surface area contributed by atoms with Gasteiger partial charge >= 0.3 is 0 Å². The van der Waals surface area contributed by atoms with E-state index in [9.17, 15) is 4.79 Å². The van der Waals surface area contributed by atoms with Crippen LogP contribution in [0.5, 0.6) is 0 Å². The van der Waals surface area contributed by atoms with E-state index < -0.39 is 0 Å². The Bertz CT molecular complexity index is 915. The molecule has 5 rings (SSSR count). The van der Waals surface area contributed by atoms with E-state index >= 15 is 0 Å². The fraction of sp³-hybridized carbons (Fsp3) is 0.680. The number of ether oxygens (including phenoxy) is 1. The predicted octanol–water partition coefficient (Wildman–Crippen LogP) is 3.20. The lowest BCUT2D eigenvalue weighted by atomic mass is 9.94. The number of amides is 1. The molecule has 2 aliphatic heterocycles. The first kappa shape index (κ1) is 23.0. The van der Waals surface area contributed by atoms with Gasteiger partial charge in [0, 0.05) is 57.4 Å². The number of anilines is 1. The number of hydrogen-bond acceptors (Lipinski definition) is 7. The van der Waals surface area contributed by atoms with Gasteiger partial charge in [0.25, 0.3) is 5.91 Å². The van der Waals surface area contributed by atoms with E-state index in [0.717, 1.165) is 85.9 Å². The summed E-state index contributed by atoms with van der Waals surface area (Å²) < 4.78 is 6.51. The molecule has 3 fully saturated rings. The first-order valence-corrected chi connectivity index (χ1v) is 13.6. The molecule has 7 nitrogen and oxygen atoms in total. The lowest BCUT2D eigenvalue weighted by Gasteiger charge is -2.40. The Balaban J connectivity index is 1.05. The lowest BCUT2D eigenvalue weighted by Crippen LogP contribution is -2.51. The number of fused-ring (bicyclic) bond motifs is 1. The third kappa shape index (κ3) is 5.85. The van der Waals surface area contributed by atoms with Crippen LogP contribution in [0.3, 0.4) is 0 Å². The number of rotatable bonds is 7. The van der Waals surface area contributed by atoms with Crippen LogP contribution in [0.25, 0.3) is 10.2 Å². The second-order valence-corrected chi connectivity index (χ2v) is 10.6. The van der Waals surface area contributed by atoms with Crippen LogP contribution >= 0.6 is 11.3 Å². The third-order valence-electron chi connectivity index (χ3n) is 7.36. The van der Waals surface area contributed by atoms with E-state index in [0.29, 0.717) is 0 Å². The summed E-state index contributed by atoms with van der Waals surface area (Å²) in [5, 5.41) is 4.14. The van der Waals surface area contributed by atoms with Gasteiger partial charge in [-0.15, -0.1) is 0 Å². The van der Waals surface area contributed by atoms with Gasteiger partial charge in [-0.05, 0) is 44.0 Å². The van der Waals surface area contributed by atoms with E-state index in [-0.39, 0.29) is 5.91 Å². The maximum atomic E-state index is 12.7. The van der Waals surface area contributed by atoms with Crippen LogP contribution in [0.15, 0.2) is 18.2 Å². The number of piperazine rings is 1. The maximum Gasteiger partial charge on any atom is 0.251 e. The molecule has 1 N–H and O–H groups in total. The second kappa shape index (κ2) is 11.1. The maximum absolute atomic E-state index is 12.7. The van der Waals surface area contributed by atoms with Crippen LogP contribution in [0, 0.1) is 0 Å². The minimum Gasteiger partial charge on any atom is -0.378 e. The number of carbonyl (C=O) groups is 1. The summed E-state index contributed by atoms with van der Waals surface area (Å²) in [4.78, 5) is 25.0. The molecule has 180 valence electrons. The van der Waals surface area contributed by atoms with Crippen molar-refractivity contribution in [2.45, 2.75) is 44.6 Å². The average Bonchev–Trinajstić information content (AvgIpc) is 3.31. The molecule has 2 aromatic rings. The third-order valence-corrected chi connectivity index (χ3v) is 8.43. The molecule has 1 saturated carbocycles. The molecule has 1 aromatic heterocycles. The number of nitrogens with one attached hydrogen (secondary N) is 1. The minimum atomic E-state index is 0.0142. The molecule has 0 radical (unpaired) electrons. The predicted molar refractivity (Wildman–Crippen MR) is 134 cm³/mol. The molecule has 33 heavy (non-hydrogen) atoms. The topological polar surface area (TPSA) is 60.9 Å². The SMILES string of the molecule is O=C(NCCCN1CCN(C2CCCCC2)CC1)c1ccc2nc(N3CCOCC3)sc2c1. The molecule has 2 saturated heterocycles. The Morgan fingerprint density at radius 1 is 1.06 bits per heavy atom. The largest absolute Gasteiger partial charge is 0.378 e. The summed E-state index contributed by atoms with van der Waals surface area (Å²) >= 11 is 1.66. The van der Waals surface area contributed by atoms with Crippen molar-refractivity contribution in [1.29, 1.82) is 0 Å². The van der Waals surface area contributed by atoms with Gasteiger partial charge in [-0.1, -0.05) is 30.6 Å². The highest BCUT2D eigenvalue weighted by Crippen LogP contribution is 2.30. The van der Waals surface area contributed by atoms with Crippen molar-refractivity contribution in [1.82, 2.24) is 20.1 Å². The quantitative estimate of drug-likeness (QED) is 0.626. The smallest absolute Gasteiger partial charge is 0.251 e. The Labute approximate surface area is 201 Å². The number of nitrogens with zero attached hydrogens (tertiary/aromatic N) is 4. The van der Waals surface area contributed by atoms with Gasteiger partial charge in [0.15, 0.2) is 5.13 Å². The zero-order valence-electron chi connectivity index (χ0n) is 19.6. The van der Waals surface area contributed by atoms with E-state index in [4.69, 9.17) is 9.72 Å². The van der Waals surface area contributed by atoms with Gasteiger partial charge < -0.3 is 19.9 Å². The molecule has 0 bridgehead atoms.